The smallest absolute Gasteiger partial charge is 0.0564 e. The van der Waals surface area contributed by atoms with Crippen LogP contribution in [0.5, 0.6) is 0 Å². The van der Waals surface area contributed by atoms with Crippen LogP contribution >= 0.6 is 31.9 Å². The molecule has 126 valence electrons. The van der Waals surface area contributed by atoms with E-state index in [1.807, 2.05) is 60.7 Å². The van der Waals surface area contributed by atoms with Gasteiger partial charge in [0, 0.05) is 25.4 Å². The third-order valence-electron chi connectivity index (χ3n) is 3.93. The van der Waals surface area contributed by atoms with Crippen LogP contribution in [0.4, 0.5) is 11.4 Å². The summed E-state index contributed by atoms with van der Waals surface area (Å²) < 4.78 is 2.18. The van der Waals surface area contributed by atoms with Crippen molar-refractivity contribution in [3.8, 4) is 0 Å². The van der Waals surface area contributed by atoms with Crippen LogP contribution < -0.4 is 17.0 Å². The summed E-state index contributed by atoms with van der Waals surface area (Å²) in [5, 5.41) is 4.56. The maximum Gasteiger partial charge on any atom is 0.0564 e. The van der Waals surface area contributed by atoms with E-state index in [4.69, 9.17) is 11.6 Å². The topological polar surface area (TPSA) is 64.1 Å². The first-order valence-electron chi connectivity index (χ1n) is 7.68. The molecule has 0 unspecified atom stereocenters. The largest absolute Gasteiger partial charge is 0.398 e. The summed E-state index contributed by atoms with van der Waals surface area (Å²) in [6.45, 7) is 0. The van der Waals surface area contributed by atoms with Gasteiger partial charge >= 0.3 is 0 Å². The molecule has 5 heteroatoms. The van der Waals surface area contributed by atoms with Crippen molar-refractivity contribution < 1.29 is 0 Å². The lowest BCUT2D eigenvalue weighted by Gasteiger charge is -2.06. The summed E-state index contributed by atoms with van der Waals surface area (Å²) in [6, 6.07) is 24.0. The number of halogens is 2. The van der Waals surface area contributed by atoms with Crippen LogP contribution in [0.25, 0.3) is 21.5 Å². The highest BCUT2D eigenvalue weighted by atomic mass is 79.9. The number of hydrazine groups is 1. The van der Waals surface area contributed by atoms with E-state index in [2.05, 4.69) is 49.4 Å². The number of hydrogen-bond acceptors (Lipinski definition) is 3. The molecule has 4 aromatic rings. The van der Waals surface area contributed by atoms with Crippen molar-refractivity contribution in [1.82, 2.24) is 0 Å². The molecule has 0 aliphatic rings. The van der Waals surface area contributed by atoms with Crippen LogP contribution in [0, 0.1) is 0 Å². The van der Waals surface area contributed by atoms with Gasteiger partial charge in [-0.3, -0.25) is 5.84 Å². The Labute approximate surface area is 163 Å². The zero-order valence-corrected chi connectivity index (χ0v) is 16.5. The SMILES string of the molecule is NNc1ccc(Br)c2ccccc12.Nc1ccc(Br)c2ccccc12. The first kappa shape index (κ1) is 17.7. The molecule has 0 fully saturated rings. The van der Waals surface area contributed by atoms with Crippen molar-refractivity contribution in [1.29, 1.82) is 0 Å². The van der Waals surface area contributed by atoms with Gasteiger partial charge < -0.3 is 11.2 Å². The predicted octanol–water partition coefficient (Wildman–Crippen LogP) is 6.07. The van der Waals surface area contributed by atoms with Crippen LogP contribution in [-0.2, 0) is 0 Å². The Morgan fingerprint density at radius 1 is 0.600 bits per heavy atom. The molecule has 0 aromatic heterocycles. The second kappa shape index (κ2) is 7.87. The van der Waals surface area contributed by atoms with Crippen LogP contribution in [0.2, 0.25) is 0 Å². The standard InChI is InChI=1S/C10H9BrN2.C10H8BrN/c11-9-5-6-10(13-12)8-4-2-1-3-7(8)9;11-9-5-6-10(12)8-4-2-1-3-7(8)9/h1-6,13H,12H2;1-6H,12H2. The van der Waals surface area contributed by atoms with Gasteiger partial charge in [-0.2, -0.15) is 0 Å². The van der Waals surface area contributed by atoms with E-state index in [1.165, 1.54) is 0 Å². The van der Waals surface area contributed by atoms with E-state index in [-0.39, 0.29) is 0 Å². The lowest BCUT2D eigenvalue weighted by atomic mass is 10.1. The Balaban J connectivity index is 0.000000146. The third kappa shape index (κ3) is 3.79. The van der Waals surface area contributed by atoms with Crippen molar-refractivity contribution in [2.75, 3.05) is 11.2 Å². The third-order valence-corrected chi connectivity index (χ3v) is 5.31. The second-order valence-electron chi connectivity index (χ2n) is 5.47. The number of nitrogen functional groups attached to an aromatic ring is 2. The van der Waals surface area contributed by atoms with Crippen LogP contribution in [0.1, 0.15) is 0 Å². The molecule has 0 amide bonds. The number of anilines is 2. The minimum Gasteiger partial charge on any atom is -0.398 e. The normalized spacial score (nSPS) is 10.4. The van der Waals surface area contributed by atoms with Gasteiger partial charge in [0.1, 0.15) is 0 Å². The van der Waals surface area contributed by atoms with Gasteiger partial charge in [0.2, 0.25) is 0 Å². The highest BCUT2D eigenvalue weighted by Gasteiger charge is 2.01. The van der Waals surface area contributed by atoms with E-state index in [0.717, 1.165) is 41.9 Å². The lowest BCUT2D eigenvalue weighted by Crippen LogP contribution is -2.06. The summed E-state index contributed by atoms with van der Waals surface area (Å²) in [4.78, 5) is 0. The molecule has 4 rings (SSSR count). The molecular formula is C20H17Br2N3. The maximum absolute atomic E-state index is 5.80. The molecule has 0 heterocycles. The average Bonchev–Trinajstić information content (AvgIpc) is 2.66. The van der Waals surface area contributed by atoms with E-state index in [1.54, 1.807) is 0 Å². The van der Waals surface area contributed by atoms with Gasteiger partial charge in [-0.25, -0.2) is 0 Å². The number of rotatable bonds is 1. The van der Waals surface area contributed by atoms with E-state index in [9.17, 15) is 0 Å². The molecule has 5 N–H and O–H groups in total. The zero-order chi connectivity index (χ0) is 17.8. The number of nitrogens with one attached hydrogen (secondary N) is 1. The molecule has 4 aromatic carbocycles. The molecule has 25 heavy (non-hydrogen) atoms. The first-order valence-corrected chi connectivity index (χ1v) is 9.27. The van der Waals surface area contributed by atoms with E-state index >= 15 is 0 Å². The van der Waals surface area contributed by atoms with Crippen LogP contribution in [0.15, 0.2) is 81.7 Å². The molecule has 0 atom stereocenters. The molecule has 0 radical (unpaired) electrons. The van der Waals surface area contributed by atoms with Gasteiger partial charge in [0.15, 0.2) is 0 Å². The fraction of sp³-hybridized carbons (Fsp3) is 0. The quantitative estimate of drug-likeness (QED) is 0.184. The Bertz CT molecular complexity index is 991. The molecule has 0 spiro atoms. The van der Waals surface area contributed by atoms with Crippen LogP contribution in [0.3, 0.4) is 0 Å². The molecule has 0 aliphatic heterocycles. The average molecular weight is 459 g/mol. The van der Waals surface area contributed by atoms with Crippen molar-refractivity contribution in [2.45, 2.75) is 0 Å². The van der Waals surface area contributed by atoms with Gasteiger partial charge in [0.25, 0.3) is 0 Å². The predicted molar refractivity (Wildman–Crippen MR) is 116 cm³/mol. The number of benzene rings is 4. The van der Waals surface area contributed by atoms with Gasteiger partial charge in [-0.15, -0.1) is 0 Å². The lowest BCUT2D eigenvalue weighted by molar-refractivity contribution is 1.37. The summed E-state index contributed by atoms with van der Waals surface area (Å²) >= 11 is 6.97. The molecule has 0 bridgehead atoms. The van der Waals surface area contributed by atoms with Gasteiger partial charge in [0.05, 0.1) is 5.69 Å². The number of fused-ring (bicyclic) bond motifs is 2. The Morgan fingerprint density at radius 3 is 1.64 bits per heavy atom. The molecule has 3 nitrogen and oxygen atoms in total. The molecular weight excluding hydrogens is 442 g/mol. The Kier molecular flexibility index (Phi) is 5.58. The summed E-state index contributed by atoms with van der Waals surface area (Å²) in [5.41, 5.74) is 10.3. The minimum atomic E-state index is 0.828. The van der Waals surface area contributed by atoms with Crippen molar-refractivity contribution in [3.63, 3.8) is 0 Å². The van der Waals surface area contributed by atoms with Crippen molar-refractivity contribution in [3.05, 3.63) is 81.7 Å². The second-order valence-corrected chi connectivity index (χ2v) is 7.18. The summed E-state index contributed by atoms with van der Waals surface area (Å²) in [6.07, 6.45) is 0. The fourth-order valence-corrected chi connectivity index (χ4v) is 3.63. The highest BCUT2D eigenvalue weighted by molar-refractivity contribution is 9.11. The Hall–Kier alpha value is -2.08. The van der Waals surface area contributed by atoms with Crippen molar-refractivity contribution in [2.24, 2.45) is 5.84 Å². The highest BCUT2D eigenvalue weighted by Crippen LogP contribution is 2.29. The monoisotopic (exact) mass is 457 g/mol. The summed E-state index contributed by atoms with van der Waals surface area (Å²) in [7, 11) is 0. The number of hydrogen-bond donors (Lipinski definition) is 3. The molecule has 0 saturated carbocycles. The zero-order valence-electron chi connectivity index (χ0n) is 13.3. The van der Waals surface area contributed by atoms with Gasteiger partial charge in [-0.1, -0.05) is 80.4 Å². The maximum atomic E-state index is 5.80. The fourth-order valence-electron chi connectivity index (χ4n) is 2.67. The Morgan fingerprint density at radius 2 is 1.08 bits per heavy atom. The minimum absolute atomic E-state index is 0.828. The van der Waals surface area contributed by atoms with Gasteiger partial charge in [-0.05, 0) is 35.0 Å². The van der Waals surface area contributed by atoms with Crippen molar-refractivity contribution >= 4 is 64.8 Å². The number of nitrogens with two attached hydrogens (primary N) is 2. The van der Waals surface area contributed by atoms with E-state index < -0.39 is 0 Å². The van der Waals surface area contributed by atoms with E-state index in [0.29, 0.717) is 0 Å². The van der Waals surface area contributed by atoms with Crippen LogP contribution in [-0.4, -0.2) is 0 Å². The molecule has 0 aliphatic carbocycles. The first-order chi connectivity index (χ1) is 12.1. The summed E-state index contributed by atoms with van der Waals surface area (Å²) in [5.74, 6) is 5.40. The molecule has 0 saturated heterocycles.